The Hall–Kier alpha value is -4.82. The lowest BCUT2D eigenvalue weighted by Gasteiger charge is -2.52. The lowest BCUT2D eigenvalue weighted by atomic mass is 9.52. The summed E-state index contributed by atoms with van der Waals surface area (Å²) >= 11 is 0. The minimum absolute atomic E-state index is 0.0451. The van der Waals surface area contributed by atoms with Gasteiger partial charge in [-0.2, -0.15) is 0 Å². The average molecular weight is 649 g/mol. The summed E-state index contributed by atoms with van der Waals surface area (Å²) in [6.45, 7) is -0.172. The SMILES string of the molecule is CN(C)c1ccc(NC(=O)NCc2cc(N(C)C)c3c(c2O)C(=O)C2C(=O)[C@@]4(O)C(=O)C(C(N)=O)C(=O)[C@H](N(C)C)[C@H]4C[C@H]2C3)cc1. The van der Waals surface area contributed by atoms with E-state index < -0.39 is 76.1 Å². The summed E-state index contributed by atoms with van der Waals surface area (Å²) in [6, 6.07) is 7.08. The largest absolute Gasteiger partial charge is 0.507 e. The van der Waals surface area contributed by atoms with Gasteiger partial charge in [-0.25, -0.2) is 4.79 Å². The highest BCUT2D eigenvalue weighted by molar-refractivity contribution is 6.32. The fourth-order valence-corrected chi connectivity index (χ4v) is 7.43. The summed E-state index contributed by atoms with van der Waals surface area (Å²) in [5.74, 6) is -11.2. The Morgan fingerprint density at radius 3 is 2.17 bits per heavy atom. The Kier molecular flexibility index (Phi) is 8.62. The van der Waals surface area contributed by atoms with Gasteiger partial charge in [0.25, 0.3) is 0 Å². The van der Waals surface area contributed by atoms with Crippen LogP contribution in [0.15, 0.2) is 30.3 Å². The third kappa shape index (κ3) is 5.40. The molecule has 2 fully saturated rings. The van der Waals surface area contributed by atoms with Crippen LogP contribution in [0.3, 0.4) is 0 Å². The Balaban J connectivity index is 1.48. The van der Waals surface area contributed by atoms with Gasteiger partial charge in [0.05, 0.1) is 17.5 Å². The number of nitrogens with one attached hydrogen (secondary N) is 2. The number of nitrogens with two attached hydrogens (primary N) is 1. The van der Waals surface area contributed by atoms with E-state index in [1.807, 2.05) is 31.1 Å². The smallest absolute Gasteiger partial charge is 0.319 e. The van der Waals surface area contributed by atoms with Crippen LogP contribution in [0.1, 0.15) is 27.9 Å². The molecule has 0 spiro atoms. The maximum absolute atomic E-state index is 14.2. The van der Waals surface area contributed by atoms with E-state index in [2.05, 4.69) is 10.6 Å². The van der Waals surface area contributed by atoms with Crippen molar-refractivity contribution in [2.45, 2.75) is 31.0 Å². The van der Waals surface area contributed by atoms with Gasteiger partial charge in [0, 0.05) is 63.3 Å². The molecule has 2 aromatic rings. The topological polar surface area (TPSA) is 203 Å². The number of aliphatic hydroxyl groups is 1. The molecule has 0 saturated heterocycles. The predicted octanol–water partition coefficient (Wildman–Crippen LogP) is 0.321. The number of phenolic OH excluding ortho intramolecular Hbond substituents is 1. The highest BCUT2D eigenvalue weighted by Gasteiger charge is 2.69. The minimum atomic E-state index is -2.81. The number of amides is 3. The van der Waals surface area contributed by atoms with Crippen LogP contribution in [-0.4, -0.2) is 104 Å². The number of benzene rings is 2. The first kappa shape index (κ1) is 33.5. The second-order valence-electron chi connectivity index (χ2n) is 13.2. The van der Waals surface area contributed by atoms with E-state index in [1.54, 1.807) is 37.2 Å². The van der Waals surface area contributed by atoms with Gasteiger partial charge in [0.2, 0.25) is 5.91 Å². The molecule has 250 valence electrons. The van der Waals surface area contributed by atoms with Crippen LogP contribution in [0.5, 0.6) is 5.75 Å². The summed E-state index contributed by atoms with van der Waals surface area (Å²) in [6.07, 6.45) is 0.0839. The highest BCUT2D eigenvalue weighted by atomic mass is 16.3. The van der Waals surface area contributed by atoms with Gasteiger partial charge in [-0.1, -0.05) is 0 Å². The molecule has 47 heavy (non-hydrogen) atoms. The third-order valence-corrected chi connectivity index (χ3v) is 9.68. The molecule has 2 saturated carbocycles. The van der Waals surface area contributed by atoms with Crippen molar-refractivity contribution in [2.24, 2.45) is 29.4 Å². The van der Waals surface area contributed by atoms with Crippen molar-refractivity contribution >= 4 is 52.1 Å². The van der Waals surface area contributed by atoms with Crippen molar-refractivity contribution in [3.8, 4) is 5.75 Å². The van der Waals surface area contributed by atoms with E-state index >= 15 is 0 Å². The number of phenols is 1. The molecule has 3 aliphatic carbocycles. The van der Waals surface area contributed by atoms with Crippen molar-refractivity contribution in [1.82, 2.24) is 10.2 Å². The molecule has 0 aromatic heterocycles. The molecule has 3 amide bonds. The summed E-state index contributed by atoms with van der Waals surface area (Å²) in [7, 11) is 10.4. The standard InChI is InChI=1S/C33H40N6O8/c1-37(2)18-9-7-17(8-10-18)36-32(46)35-14-16-13-21(38(3)4)19-11-15-12-20-25(39(5)6)28(42)24(31(34)45)30(44)33(20,47)29(43)22(15)27(41)23(19)26(16)40/h7-10,13,15,20,22,24-25,40,47H,11-12,14H2,1-6H3,(H2,34,45)(H2,35,36,46)/t15-,20-,22?,24?,25-,33-/m1/s1. The fourth-order valence-electron chi connectivity index (χ4n) is 7.43. The Morgan fingerprint density at radius 1 is 0.979 bits per heavy atom. The third-order valence-electron chi connectivity index (χ3n) is 9.68. The highest BCUT2D eigenvalue weighted by Crippen LogP contribution is 2.52. The van der Waals surface area contributed by atoms with E-state index in [0.717, 1.165) is 5.69 Å². The second kappa shape index (κ2) is 12.1. The monoisotopic (exact) mass is 648 g/mol. The van der Waals surface area contributed by atoms with E-state index in [-0.39, 0.29) is 30.5 Å². The van der Waals surface area contributed by atoms with Crippen LogP contribution in [0.25, 0.3) is 0 Å². The Bertz CT molecular complexity index is 1690. The lowest BCUT2D eigenvalue weighted by Crippen LogP contribution is -2.74. The molecular weight excluding hydrogens is 608 g/mol. The number of hydrogen-bond donors (Lipinski definition) is 5. The van der Waals surface area contributed by atoms with E-state index in [9.17, 15) is 39.0 Å². The number of fused-ring (bicyclic) bond motifs is 3. The van der Waals surface area contributed by atoms with Crippen LogP contribution in [0, 0.1) is 23.7 Å². The molecular formula is C33H40N6O8. The van der Waals surface area contributed by atoms with Gasteiger partial charge in [-0.15, -0.1) is 0 Å². The molecule has 6 N–H and O–H groups in total. The molecule has 3 aliphatic rings. The molecule has 0 bridgehead atoms. The second-order valence-corrected chi connectivity index (χ2v) is 13.2. The van der Waals surface area contributed by atoms with Crippen molar-refractivity contribution in [2.75, 3.05) is 57.4 Å². The van der Waals surface area contributed by atoms with Gasteiger partial charge in [0.1, 0.15) is 5.75 Å². The zero-order chi connectivity index (χ0) is 34.7. The van der Waals surface area contributed by atoms with Crippen molar-refractivity contribution in [3.05, 3.63) is 47.0 Å². The number of rotatable bonds is 7. The quantitative estimate of drug-likeness (QED) is 0.259. The molecule has 0 heterocycles. The number of nitrogens with zero attached hydrogens (tertiary/aromatic N) is 3. The van der Waals surface area contributed by atoms with Crippen molar-refractivity contribution in [3.63, 3.8) is 0 Å². The van der Waals surface area contributed by atoms with Gasteiger partial charge in [-0.3, -0.25) is 28.9 Å². The first-order chi connectivity index (χ1) is 22.0. The van der Waals surface area contributed by atoms with E-state index in [0.29, 0.717) is 16.9 Å². The zero-order valence-electron chi connectivity index (χ0n) is 27.2. The lowest BCUT2D eigenvalue weighted by molar-refractivity contribution is -0.181. The summed E-state index contributed by atoms with van der Waals surface area (Å²) in [5, 5.41) is 28.6. The number of carbonyl (C=O) groups is 6. The molecule has 0 aliphatic heterocycles. The normalized spacial score (nSPS) is 26.7. The molecule has 0 radical (unpaired) electrons. The summed E-state index contributed by atoms with van der Waals surface area (Å²) in [5.41, 5.74) is 5.18. The van der Waals surface area contributed by atoms with Crippen molar-refractivity contribution < 1.29 is 39.0 Å². The van der Waals surface area contributed by atoms with Crippen LogP contribution >= 0.6 is 0 Å². The number of carbonyl (C=O) groups excluding carboxylic acids is 6. The number of ketones is 4. The van der Waals surface area contributed by atoms with Crippen LogP contribution in [0.4, 0.5) is 21.9 Å². The Morgan fingerprint density at radius 2 is 1.62 bits per heavy atom. The number of hydrogen-bond acceptors (Lipinski definition) is 11. The van der Waals surface area contributed by atoms with Gasteiger partial charge in [0.15, 0.2) is 34.7 Å². The molecule has 5 rings (SSSR count). The van der Waals surface area contributed by atoms with Crippen LogP contribution in [-0.2, 0) is 32.1 Å². The predicted molar refractivity (Wildman–Crippen MR) is 172 cm³/mol. The maximum atomic E-state index is 14.2. The minimum Gasteiger partial charge on any atom is -0.507 e. The number of aromatic hydroxyl groups is 1. The average Bonchev–Trinajstić information content (AvgIpc) is 2.98. The van der Waals surface area contributed by atoms with E-state index in [1.165, 1.54) is 19.0 Å². The van der Waals surface area contributed by atoms with Crippen molar-refractivity contribution in [1.29, 1.82) is 0 Å². The van der Waals surface area contributed by atoms with Gasteiger partial charge < -0.3 is 36.4 Å². The number of Topliss-reactive ketones (excluding diaryl/α,β-unsaturated/α-hetero) is 4. The maximum Gasteiger partial charge on any atom is 0.319 e. The summed E-state index contributed by atoms with van der Waals surface area (Å²) in [4.78, 5) is 85.2. The number of primary amides is 1. The van der Waals surface area contributed by atoms with Gasteiger partial charge >= 0.3 is 6.03 Å². The molecule has 14 heteroatoms. The Labute approximate surface area is 271 Å². The van der Waals surface area contributed by atoms with Crippen LogP contribution < -0.4 is 26.2 Å². The van der Waals surface area contributed by atoms with Gasteiger partial charge in [-0.05, 0) is 68.8 Å². The zero-order valence-corrected chi connectivity index (χ0v) is 27.2. The molecule has 14 nitrogen and oxygen atoms in total. The first-order valence-corrected chi connectivity index (χ1v) is 15.2. The molecule has 2 aromatic carbocycles. The first-order valence-electron chi connectivity index (χ1n) is 15.2. The number of anilines is 3. The molecule has 2 unspecified atom stereocenters. The number of likely N-dealkylation sites (N-methyl/N-ethyl adjacent to an activating group) is 1. The van der Waals surface area contributed by atoms with Crippen LogP contribution in [0.2, 0.25) is 0 Å². The molecule has 6 atom stereocenters. The summed E-state index contributed by atoms with van der Waals surface area (Å²) < 4.78 is 0. The fraction of sp³-hybridized carbons (Fsp3) is 0.455. The number of urea groups is 1. The van der Waals surface area contributed by atoms with E-state index in [4.69, 9.17) is 5.73 Å².